The molecule has 0 heterocycles. The number of ether oxygens (including phenoxy) is 1. The molecule has 100 valence electrons. The van der Waals surface area contributed by atoms with Crippen molar-refractivity contribution in [3.63, 3.8) is 0 Å². The number of aryl methyl sites for hydroxylation is 1. The van der Waals surface area contributed by atoms with Gasteiger partial charge in [0.05, 0.1) is 16.7 Å². The van der Waals surface area contributed by atoms with E-state index in [1.165, 1.54) is 0 Å². The molecule has 0 aliphatic heterocycles. The van der Waals surface area contributed by atoms with Crippen LogP contribution >= 0.6 is 23.2 Å². The Labute approximate surface area is 123 Å². The number of nitrogens with two attached hydrogens (primary N) is 1. The minimum atomic E-state index is 0.530. The summed E-state index contributed by atoms with van der Waals surface area (Å²) in [5.74, 6) is 0.587. The van der Waals surface area contributed by atoms with Crippen LogP contribution in [0.4, 0.5) is 5.69 Å². The summed E-state index contributed by atoms with van der Waals surface area (Å²) in [7, 11) is 0. The third kappa shape index (κ3) is 2.96. The third-order valence-corrected chi connectivity index (χ3v) is 3.43. The first-order valence-corrected chi connectivity index (χ1v) is 6.77. The molecular formula is C15H15Cl2NO. The fourth-order valence-electron chi connectivity index (χ4n) is 1.90. The fraction of sp³-hybridized carbons (Fsp3) is 0.200. The van der Waals surface area contributed by atoms with Crippen molar-refractivity contribution in [2.45, 2.75) is 13.8 Å². The number of nitrogen functional groups attached to an aromatic ring is 1. The van der Waals surface area contributed by atoms with Gasteiger partial charge in [0.25, 0.3) is 0 Å². The highest BCUT2D eigenvalue weighted by molar-refractivity contribution is 6.36. The maximum absolute atomic E-state index is 6.30. The molecule has 0 aliphatic rings. The van der Waals surface area contributed by atoms with Gasteiger partial charge in [-0.25, -0.2) is 0 Å². The standard InChI is InChI=1S/C15H15Cl2NO/c1-3-19-15-8-12(16)10(7-13(15)17)11-6-9(2)4-5-14(11)18/h4-8H,3,18H2,1-2H3. The Morgan fingerprint density at radius 2 is 1.79 bits per heavy atom. The van der Waals surface area contributed by atoms with E-state index in [1.54, 1.807) is 12.1 Å². The molecule has 0 saturated carbocycles. The van der Waals surface area contributed by atoms with Crippen LogP contribution in [0.5, 0.6) is 5.75 Å². The summed E-state index contributed by atoms with van der Waals surface area (Å²) in [5.41, 5.74) is 9.49. The van der Waals surface area contributed by atoms with Crippen LogP contribution in [0.15, 0.2) is 30.3 Å². The first-order chi connectivity index (χ1) is 9.02. The van der Waals surface area contributed by atoms with E-state index in [4.69, 9.17) is 33.7 Å². The first-order valence-electron chi connectivity index (χ1n) is 6.01. The second-order valence-corrected chi connectivity index (χ2v) is 5.10. The van der Waals surface area contributed by atoms with Gasteiger partial charge < -0.3 is 10.5 Å². The highest BCUT2D eigenvalue weighted by atomic mass is 35.5. The van der Waals surface area contributed by atoms with Crippen molar-refractivity contribution >= 4 is 28.9 Å². The van der Waals surface area contributed by atoms with Crippen molar-refractivity contribution in [1.29, 1.82) is 0 Å². The van der Waals surface area contributed by atoms with Gasteiger partial charge in [0.1, 0.15) is 5.75 Å². The molecule has 2 rings (SSSR count). The lowest BCUT2D eigenvalue weighted by atomic mass is 10.0. The Bertz CT molecular complexity index is 611. The Hall–Kier alpha value is -1.38. The molecular weight excluding hydrogens is 281 g/mol. The van der Waals surface area contributed by atoms with Crippen molar-refractivity contribution in [2.24, 2.45) is 0 Å². The van der Waals surface area contributed by atoms with Crippen LogP contribution in [0.3, 0.4) is 0 Å². The van der Waals surface area contributed by atoms with Gasteiger partial charge in [-0.05, 0) is 32.0 Å². The molecule has 2 aromatic rings. The molecule has 0 aliphatic carbocycles. The molecule has 0 amide bonds. The summed E-state index contributed by atoms with van der Waals surface area (Å²) in [5, 5.41) is 1.10. The second-order valence-electron chi connectivity index (χ2n) is 4.29. The van der Waals surface area contributed by atoms with E-state index in [2.05, 4.69) is 0 Å². The Morgan fingerprint density at radius 3 is 2.47 bits per heavy atom. The van der Waals surface area contributed by atoms with Crippen molar-refractivity contribution in [1.82, 2.24) is 0 Å². The molecule has 0 fully saturated rings. The van der Waals surface area contributed by atoms with Crippen LogP contribution < -0.4 is 10.5 Å². The molecule has 0 radical (unpaired) electrons. The summed E-state index contributed by atoms with van der Waals surface area (Å²) in [4.78, 5) is 0. The van der Waals surface area contributed by atoms with Crippen LogP contribution in [-0.4, -0.2) is 6.61 Å². The number of anilines is 1. The van der Waals surface area contributed by atoms with Crippen molar-refractivity contribution < 1.29 is 4.74 Å². The molecule has 4 heteroatoms. The highest BCUT2D eigenvalue weighted by Gasteiger charge is 2.12. The zero-order valence-corrected chi connectivity index (χ0v) is 12.3. The minimum absolute atomic E-state index is 0.530. The Balaban J connectivity index is 2.57. The van der Waals surface area contributed by atoms with Gasteiger partial charge in [0.15, 0.2) is 0 Å². The minimum Gasteiger partial charge on any atom is -0.492 e. The zero-order chi connectivity index (χ0) is 14.0. The molecule has 0 atom stereocenters. The second kappa shape index (κ2) is 5.72. The monoisotopic (exact) mass is 295 g/mol. The lowest BCUT2D eigenvalue weighted by molar-refractivity contribution is 0.340. The van der Waals surface area contributed by atoms with E-state index in [1.807, 2.05) is 32.0 Å². The lowest BCUT2D eigenvalue weighted by Gasteiger charge is -2.12. The summed E-state index contributed by atoms with van der Waals surface area (Å²) < 4.78 is 5.41. The van der Waals surface area contributed by atoms with Gasteiger partial charge >= 0.3 is 0 Å². The van der Waals surface area contributed by atoms with E-state index in [9.17, 15) is 0 Å². The molecule has 0 spiro atoms. The van der Waals surface area contributed by atoms with Gasteiger partial charge in [0, 0.05) is 22.9 Å². The van der Waals surface area contributed by atoms with Gasteiger partial charge in [-0.1, -0.05) is 34.8 Å². The maximum atomic E-state index is 6.30. The Morgan fingerprint density at radius 1 is 1.05 bits per heavy atom. The molecule has 0 saturated heterocycles. The van der Waals surface area contributed by atoms with Gasteiger partial charge in [-0.2, -0.15) is 0 Å². The van der Waals surface area contributed by atoms with E-state index in [0.717, 1.165) is 16.7 Å². The largest absolute Gasteiger partial charge is 0.492 e. The first kappa shape index (κ1) is 14.0. The topological polar surface area (TPSA) is 35.2 Å². The van der Waals surface area contributed by atoms with Crippen LogP contribution in [0, 0.1) is 6.92 Å². The predicted octanol–water partition coefficient (Wildman–Crippen LogP) is 4.95. The van der Waals surface area contributed by atoms with Gasteiger partial charge in [-0.15, -0.1) is 0 Å². The number of rotatable bonds is 3. The van der Waals surface area contributed by atoms with Crippen LogP contribution in [0.1, 0.15) is 12.5 Å². The average Bonchev–Trinajstić information content (AvgIpc) is 2.37. The van der Waals surface area contributed by atoms with E-state index >= 15 is 0 Å². The lowest BCUT2D eigenvalue weighted by Crippen LogP contribution is -1.95. The van der Waals surface area contributed by atoms with Crippen LogP contribution in [0.2, 0.25) is 10.0 Å². The zero-order valence-electron chi connectivity index (χ0n) is 10.8. The summed E-state index contributed by atoms with van der Waals surface area (Å²) in [6.07, 6.45) is 0. The summed E-state index contributed by atoms with van der Waals surface area (Å²) in [6.45, 7) is 4.45. The molecule has 2 aromatic carbocycles. The maximum Gasteiger partial charge on any atom is 0.139 e. The average molecular weight is 296 g/mol. The molecule has 0 unspecified atom stereocenters. The van der Waals surface area contributed by atoms with Crippen molar-refractivity contribution in [2.75, 3.05) is 12.3 Å². The molecule has 19 heavy (non-hydrogen) atoms. The van der Waals surface area contributed by atoms with Crippen molar-refractivity contribution in [3.8, 4) is 16.9 Å². The number of hydrogen-bond donors (Lipinski definition) is 1. The fourth-order valence-corrected chi connectivity index (χ4v) is 2.38. The molecule has 2 nitrogen and oxygen atoms in total. The van der Waals surface area contributed by atoms with Gasteiger partial charge in [-0.3, -0.25) is 0 Å². The smallest absolute Gasteiger partial charge is 0.139 e. The van der Waals surface area contributed by atoms with Gasteiger partial charge in [0.2, 0.25) is 0 Å². The molecule has 0 aromatic heterocycles. The van der Waals surface area contributed by atoms with Crippen molar-refractivity contribution in [3.05, 3.63) is 45.9 Å². The highest BCUT2D eigenvalue weighted by Crippen LogP contribution is 2.39. The summed E-state index contributed by atoms with van der Waals surface area (Å²) >= 11 is 12.5. The summed E-state index contributed by atoms with van der Waals surface area (Å²) in [6, 6.07) is 9.34. The van der Waals surface area contributed by atoms with E-state index < -0.39 is 0 Å². The van der Waals surface area contributed by atoms with Crippen LogP contribution in [0.25, 0.3) is 11.1 Å². The SMILES string of the molecule is CCOc1cc(Cl)c(-c2cc(C)ccc2N)cc1Cl. The predicted molar refractivity (Wildman–Crippen MR) is 82.2 cm³/mol. The third-order valence-electron chi connectivity index (χ3n) is 2.82. The van der Waals surface area contributed by atoms with Crippen LogP contribution in [-0.2, 0) is 0 Å². The Kier molecular flexibility index (Phi) is 4.23. The molecule has 2 N–H and O–H groups in total. The van der Waals surface area contributed by atoms with E-state index in [0.29, 0.717) is 28.1 Å². The van der Waals surface area contributed by atoms with E-state index in [-0.39, 0.29) is 0 Å². The number of benzene rings is 2. The molecule has 0 bridgehead atoms. The normalized spacial score (nSPS) is 10.5. The number of halogens is 2. The quantitative estimate of drug-likeness (QED) is 0.813. The number of hydrogen-bond acceptors (Lipinski definition) is 2.